The monoisotopic (exact) mass is 368 g/mol. The van der Waals surface area contributed by atoms with E-state index >= 15 is 0 Å². The molecule has 4 atom stereocenters. The number of hydrogen-bond donors (Lipinski definition) is 3. The molecule has 1 aliphatic rings. The van der Waals surface area contributed by atoms with Gasteiger partial charge in [0.2, 0.25) is 0 Å². The molecule has 0 amide bonds. The van der Waals surface area contributed by atoms with Gasteiger partial charge >= 0.3 is 5.97 Å². The van der Waals surface area contributed by atoms with E-state index in [0.717, 1.165) is 51.4 Å². The lowest BCUT2D eigenvalue weighted by molar-refractivity contribution is -0.137. The fourth-order valence-corrected chi connectivity index (χ4v) is 3.87. The summed E-state index contributed by atoms with van der Waals surface area (Å²) in [5, 5.41) is 28.3. The highest BCUT2D eigenvalue weighted by Gasteiger charge is 2.39. The van der Waals surface area contributed by atoms with Crippen molar-refractivity contribution in [3.8, 4) is 0 Å². The van der Waals surface area contributed by atoms with Crippen LogP contribution in [-0.2, 0) is 9.59 Å². The molecule has 1 rings (SSSR count). The number of rotatable bonds is 14. The van der Waals surface area contributed by atoms with Crippen molar-refractivity contribution in [2.24, 2.45) is 17.8 Å². The second kappa shape index (κ2) is 13.0. The van der Waals surface area contributed by atoms with Crippen molar-refractivity contribution >= 4 is 11.8 Å². The van der Waals surface area contributed by atoms with Gasteiger partial charge in [-0.3, -0.25) is 9.59 Å². The van der Waals surface area contributed by atoms with Gasteiger partial charge in [0.05, 0.1) is 6.10 Å². The Kier molecular flexibility index (Phi) is 11.5. The highest BCUT2D eigenvalue weighted by molar-refractivity contribution is 5.84. The minimum atomic E-state index is -0.760. The van der Waals surface area contributed by atoms with E-state index in [1.807, 2.05) is 6.08 Å². The third-order valence-corrected chi connectivity index (χ3v) is 5.44. The van der Waals surface area contributed by atoms with Crippen LogP contribution in [0.3, 0.4) is 0 Å². The van der Waals surface area contributed by atoms with Gasteiger partial charge in [0.1, 0.15) is 5.78 Å². The van der Waals surface area contributed by atoms with Crippen molar-refractivity contribution in [1.29, 1.82) is 0 Å². The summed E-state index contributed by atoms with van der Waals surface area (Å²) in [7, 11) is 0. The predicted molar refractivity (Wildman–Crippen MR) is 102 cm³/mol. The van der Waals surface area contributed by atoms with Crippen molar-refractivity contribution in [2.75, 3.05) is 6.61 Å². The maximum atomic E-state index is 12.3. The minimum Gasteiger partial charge on any atom is -0.481 e. The standard InChI is InChI=1S/C21H36O5/c1-2-3-6-9-17(23)12-13-18-16(15-22)14-20(24)19(18)10-7-4-5-8-11-21(25)26/h12-13,16-19,22-23H,2-11,14-15H2,1H3,(H,25,26). The first kappa shape index (κ1) is 22.8. The van der Waals surface area contributed by atoms with Crippen molar-refractivity contribution < 1.29 is 24.9 Å². The lowest BCUT2D eigenvalue weighted by Crippen LogP contribution is -2.18. The number of carboxylic acids is 1. The number of carbonyl (C=O) groups excluding carboxylic acids is 1. The molecular weight excluding hydrogens is 332 g/mol. The van der Waals surface area contributed by atoms with E-state index in [1.165, 1.54) is 0 Å². The van der Waals surface area contributed by atoms with Gasteiger partial charge in [-0.15, -0.1) is 0 Å². The molecule has 1 saturated carbocycles. The van der Waals surface area contributed by atoms with Crippen LogP contribution in [0.1, 0.15) is 77.6 Å². The van der Waals surface area contributed by atoms with E-state index in [0.29, 0.717) is 12.8 Å². The Bertz CT molecular complexity index is 446. The van der Waals surface area contributed by atoms with Crippen LogP contribution in [0.4, 0.5) is 0 Å². The van der Waals surface area contributed by atoms with Crippen LogP contribution in [0.5, 0.6) is 0 Å². The third-order valence-electron chi connectivity index (χ3n) is 5.44. The molecule has 0 aromatic rings. The van der Waals surface area contributed by atoms with E-state index in [4.69, 9.17) is 5.11 Å². The van der Waals surface area contributed by atoms with Gasteiger partial charge in [0.25, 0.3) is 0 Å². The first-order valence-corrected chi connectivity index (χ1v) is 10.2. The average Bonchev–Trinajstić information content (AvgIpc) is 2.91. The number of aliphatic hydroxyl groups excluding tert-OH is 2. The topological polar surface area (TPSA) is 94.8 Å². The fraction of sp³-hybridized carbons (Fsp3) is 0.810. The molecule has 1 fully saturated rings. The average molecular weight is 369 g/mol. The molecule has 0 aromatic carbocycles. The summed E-state index contributed by atoms with van der Waals surface area (Å²) in [5.74, 6) is -0.661. The number of allylic oxidation sites excluding steroid dienone is 1. The van der Waals surface area contributed by atoms with Crippen LogP contribution in [0.15, 0.2) is 12.2 Å². The Hall–Kier alpha value is -1.20. The van der Waals surface area contributed by atoms with Crippen molar-refractivity contribution in [2.45, 2.75) is 83.7 Å². The van der Waals surface area contributed by atoms with Crippen LogP contribution in [0.25, 0.3) is 0 Å². The van der Waals surface area contributed by atoms with Gasteiger partial charge in [0.15, 0.2) is 0 Å². The molecule has 26 heavy (non-hydrogen) atoms. The van der Waals surface area contributed by atoms with Gasteiger partial charge in [-0.1, -0.05) is 57.6 Å². The Balaban J connectivity index is 2.47. The lowest BCUT2D eigenvalue weighted by atomic mass is 9.85. The zero-order chi connectivity index (χ0) is 19.4. The lowest BCUT2D eigenvalue weighted by Gasteiger charge is -2.20. The highest BCUT2D eigenvalue weighted by atomic mass is 16.4. The Labute approximate surface area is 157 Å². The van der Waals surface area contributed by atoms with Gasteiger partial charge in [-0.25, -0.2) is 0 Å². The molecule has 0 radical (unpaired) electrons. The number of carboxylic acid groups (broad SMARTS) is 1. The predicted octanol–water partition coefficient (Wildman–Crippen LogP) is 3.72. The summed E-state index contributed by atoms with van der Waals surface area (Å²) in [6.07, 6.45) is 12.0. The van der Waals surface area contributed by atoms with E-state index in [2.05, 4.69) is 6.92 Å². The van der Waals surface area contributed by atoms with Crippen LogP contribution >= 0.6 is 0 Å². The molecular formula is C21H36O5. The van der Waals surface area contributed by atoms with Crippen molar-refractivity contribution in [3.63, 3.8) is 0 Å². The molecule has 1 aliphatic carbocycles. The largest absolute Gasteiger partial charge is 0.481 e. The highest BCUT2D eigenvalue weighted by Crippen LogP contribution is 2.38. The summed E-state index contributed by atoms with van der Waals surface area (Å²) in [5.41, 5.74) is 0. The van der Waals surface area contributed by atoms with E-state index in [-0.39, 0.29) is 36.6 Å². The minimum absolute atomic E-state index is 0.00177. The number of ketones is 1. The number of Topliss-reactive ketones (excluding diaryl/α,β-unsaturated/α-hetero) is 1. The van der Waals surface area contributed by atoms with Crippen LogP contribution in [0, 0.1) is 17.8 Å². The van der Waals surface area contributed by atoms with Gasteiger partial charge < -0.3 is 15.3 Å². The Morgan fingerprint density at radius 1 is 1.19 bits per heavy atom. The van der Waals surface area contributed by atoms with E-state index < -0.39 is 12.1 Å². The number of aliphatic hydroxyl groups is 2. The molecule has 0 saturated heterocycles. The molecule has 0 aromatic heterocycles. The number of unbranched alkanes of at least 4 members (excludes halogenated alkanes) is 5. The summed E-state index contributed by atoms with van der Waals surface area (Å²) < 4.78 is 0. The maximum absolute atomic E-state index is 12.3. The molecule has 3 N–H and O–H groups in total. The zero-order valence-electron chi connectivity index (χ0n) is 16.1. The molecule has 0 aliphatic heterocycles. The fourth-order valence-electron chi connectivity index (χ4n) is 3.87. The molecule has 5 nitrogen and oxygen atoms in total. The summed E-state index contributed by atoms with van der Waals surface area (Å²) in [6, 6.07) is 0. The number of hydrogen-bond acceptors (Lipinski definition) is 4. The molecule has 0 heterocycles. The number of carbonyl (C=O) groups is 2. The molecule has 0 bridgehead atoms. The Morgan fingerprint density at radius 2 is 1.92 bits per heavy atom. The molecule has 4 unspecified atom stereocenters. The van der Waals surface area contributed by atoms with E-state index in [1.54, 1.807) is 6.08 Å². The van der Waals surface area contributed by atoms with Crippen molar-refractivity contribution in [3.05, 3.63) is 12.2 Å². The van der Waals surface area contributed by atoms with Gasteiger partial charge in [-0.05, 0) is 31.1 Å². The van der Waals surface area contributed by atoms with Crippen LogP contribution in [-0.4, -0.2) is 39.8 Å². The van der Waals surface area contributed by atoms with Crippen LogP contribution < -0.4 is 0 Å². The van der Waals surface area contributed by atoms with Gasteiger partial charge in [0, 0.05) is 25.4 Å². The SMILES string of the molecule is CCCCCC(O)C=CC1C(CO)CC(=O)C1CCCCCCC(=O)O. The normalized spacial score (nSPS) is 24.4. The summed E-state index contributed by atoms with van der Waals surface area (Å²) in [6.45, 7) is 2.13. The first-order chi connectivity index (χ1) is 12.5. The second-order valence-electron chi connectivity index (χ2n) is 7.59. The first-order valence-electron chi connectivity index (χ1n) is 10.2. The molecule has 0 spiro atoms. The Morgan fingerprint density at radius 3 is 2.58 bits per heavy atom. The smallest absolute Gasteiger partial charge is 0.303 e. The quantitative estimate of drug-likeness (QED) is 0.321. The van der Waals surface area contributed by atoms with Crippen molar-refractivity contribution in [1.82, 2.24) is 0 Å². The second-order valence-corrected chi connectivity index (χ2v) is 7.59. The van der Waals surface area contributed by atoms with E-state index in [9.17, 15) is 19.8 Å². The molecule has 5 heteroatoms. The summed E-state index contributed by atoms with van der Waals surface area (Å²) in [4.78, 5) is 22.8. The van der Waals surface area contributed by atoms with Gasteiger partial charge in [-0.2, -0.15) is 0 Å². The molecule has 150 valence electrons. The number of aliphatic carboxylic acids is 1. The zero-order valence-corrected chi connectivity index (χ0v) is 16.1. The summed E-state index contributed by atoms with van der Waals surface area (Å²) >= 11 is 0. The third kappa shape index (κ3) is 8.45. The van der Waals surface area contributed by atoms with Crippen LogP contribution in [0.2, 0.25) is 0 Å². The maximum Gasteiger partial charge on any atom is 0.303 e.